The highest BCUT2D eigenvalue weighted by Crippen LogP contribution is 2.23. The van der Waals surface area contributed by atoms with Gasteiger partial charge in [0.05, 0.1) is 11.2 Å². The van der Waals surface area contributed by atoms with E-state index in [-0.39, 0.29) is 10.7 Å². The van der Waals surface area contributed by atoms with Crippen LogP contribution in [0.4, 0.5) is 5.69 Å². The standard InChI is InChI=1S/C15H16ClN3O3S/c1-4-10-7-5-6-9(2)12(10)18-14(20)13-11(16)8-17-15(19-13)23(3,21)22/h5-8H,4H2,1-3H3,(H,18,20). The molecular formula is C15H16ClN3O3S. The van der Waals surface area contributed by atoms with Gasteiger partial charge in [0.2, 0.25) is 15.0 Å². The minimum Gasteiger partial charge on any atom is -0.320 e. The average Bonchev–Trinajstić information content (AvgIpc) is 2.48. The average molecular weight is 354 g/mol. The van der Waals surface area contributed by atoms with Crippen molar-refractivity contribution < 1.29 is 13.2 Å². The Bertz CT molecular complexity index is 866. The first kappa shape index (κ1) is 17.4. The van der Waals surface area contributed by atoms with Gasteiger partial charge in [0.25, 0.3) is 5.91 Å². The van der Waals surface area contributed by atoms with E-state index in [4.69, 9.17) is 11.6 Å². The van der Waals surface area contributed by atoms with Gasteiger partial charge in [-0.25, -0.2) is 18.4 Å². The smallest absolute Gasteiger partial charge is 0.276 e. The molecule has 1 aromatic carbocycles. The number of para-hydroxylation sites is 1. The van der Waals surface area contributed by atoms with E-state index >= 15 is 0 Å². The van der Waals surface area contributed by atoms with Crippen molar-refractivity contribution in [3.05, 3.63) is 46.2 Å². The number of hydrogen-bond acceptors (Lipinski definition) is 5. The number of aromatic nitrogens is 2. The monoisotopic (exact) mass is 353 g/mol. The van der Waals surface area contributed by atoms with Crippen LogP contribution in [-0.4, -0.2) is 30.5 Å². The molecule has 2 aromatic rings. The van der Waals surface area contributed by atoms with Crippen molar-refractivity contribution in [1.29, 1.82) is 0 Å². The van der Waals surface area contributed by atoms with Crippen LogP contribution in [0.5, 0.6) is 0 Å². The van der Waals surface area contributed by atoms with Crippen molar-refractivity contribution in [2.24, 2.45) is 0 Å². The molecule has 0 saturated heterocycles. The van der Waals surface area contributed by atoms with Crippen LogP contribution in [0.3, 0.4) is 0 Å². The van der Waals surface area contributed by atoms with Gasteiger partial charge in [0.1, 0.15) is 0 Å². The fraction of sp³-hybridized carbons (Fsp3) is 0.267. The number of nitrogens with zero attached hydrogens (tertiary/aromatic N) is 2. The number of hydrogen-bond donors (Lipinski definition) is 1. The third kappa shape index (κ3) is 3.86. The van der Waals surface area contributed by atoms with Gasteiger partial charge in [-0.1, -0.05) is 36.7 Å². The Labute approximate surface area is 139 Å². The lowest BCUT2D eigenvalue weighted by molar-refractivity contribution is 0.102. The highest BCUT2D eigenvalue weighted by Gasteiger charge is 2.20. The molecule has 0 saturated carbocycles. The number of rotatable bonds is 4. The Balaban J connectivity index is 2.43. The third-order valence-electron chi connectivity index (χ3n) is 3.25. The van der Waals surface area contributed by atoms with E-state index in [1.807, 2.05) is 32.0 Å². The molecule has 0 bridgehead atoms. The Morgan fingerprint density at radius 1 is 1.35 bits per heavy atom. The molecule has 8 heteroatoms. The summed E-state index contributed by atoms with van der Waals surface area (Å²) in [7, 11) is -3.63. The molecule has 1 heterocycles. The minimum atomic E-state index is -3.63. The zero-order chi connectivity index (χ0) is 17.2. The molecule has 0 spiro atoms. The van der Waals surface area contributed by atoms with Crippen LogP contribution in [-0.2, 0) is 16.3 Å². The number of halogens is 1. The van der Waals surface area contributed by atoms with E-state index in [1.54, 1.807) is 0 Å². The molecule has 0 unspecified atom stereocenters. The van der Waals surface area contributed by atoms with Crippen molar-refractivity contribution in [3.8, 4) is 0 Å². The van der Waals surface area contributed by atoms with Crippen molar-refractivity contribution in [1.82, 2.24) is 9.97 Å². The fourth-order valence-electron chi connectivity index (χ4n) is 2.06. The number of sulfone groups is 1. The Kier molecular flexibility index (Phi) is 5.01. The molecule has 0 aliphatic rings. The summed E-state index contributed by atoms with van der Waals surface area (Å²) in [6, 6.07) is 5.69. The van der Waals surface area contributed by atoms with Gasteiger partial charge in [-0.15, -0.1) is 0 Å². The van der Waals surface area contributed by atoms with E-state index in [0.29, 0.717) is 5.69 Å². The first-order valence-electron chi connectivity index (χ1n) is 6.86. The highest BCUT2D eigenvalue weighted by molar-refractivity contribution is 7.90. The summed E-state index contributed by atoms with van der Waals surface area (Å²) in [6.07, 6.45) is 2.82. The molecule has 0 aliphatic heterocycles. The van der Waals surface area contributed by atoms with Crippen molar-refractivity contribution in [3.63, 3.8) is 0 Å². The molecule has 6 nitrogen and oxygen atoms in total. The van der Waals surface area contributed by atoms with E-state index < -0.39 is 20.9 Å². The number of aryl methyl sites for hydroxylation is 2. The quantitative estimate of drug-likeness (QED) is 0.853. The molecule has 0 atom stereocenters. The first-order valence-corrected chi connectivity index (χ1v) is 9.13. The first-order chi connectivity index (χ1) is 10.7. The molecule has 2 rings (SSSR count). The van der Waals surface area contributed by atoms with Crippen LogP contribution >= 0.6 is 11.6 Å². The van der Waals surface area contributed by atoms with Crippen LogP contribution in [0.15, 0.2) is 29.6 Å². The van der Waals surface area contributed by atoms with Crippen molar-refractivity contribution in [2.75, 3.05) is 11.6 Å². The third-order valence-corrected chi connectivity index (χ3v) is 4.38. The molecule has 122 valence electrons. The van der Waals surface area contributed by atoms with Crippen LogP contribution < -0.4 is 5.32 Å². The summed E-state index contributed by atoms with van der Waals surface area (Å²) in [6.45, 7) is 3.85. The zero-order valence-corrected chi connectivity index (χ0v) is 14.5. The number of nitrogens with one attached hydrogen (secondary N) is 1. The minimum absolute atomic E-state index is 0.0125. The zero-order valence-electron chi connectivity index (χ0n) is 12.9. The summed E-state index contributed by atoms with van der Waals surface area (Å²) >= 11 is 5.94. The predicted octanol–water partition coefficient (Wildman–Crippen LogP) is 2.66. The summed E-state index contributed by atoms with van der Waals surface area (Å²) < 4.78 is 23.1. The van der Waals surface area contributed by atoms with Crippen LogP contribution in [0.2, 0.25) is 5.02 Å². The maximum absolute atomic E-state index is 12.5. The largest absolute Gasteiger partial charge is 0.320 e. The topological polar surface area (TPSA) is 89.0 Å². The number of anilines is 1. The molecule has 0 radical (unpaired) electrons. The summed E-state index contributed by atoms with van der Waals surface area (Å²) in [5.41, 5.74) is 2.36. The Hall–Kier alpha value is -1.99. The van der Waals surface area contributed by atoms with Crippen LogP contribution in [0, 0.1) is 6.92 Å². The van der Waals surface area contributed by atoms with Gasteiger partial charge in [-0.2, -0.15) is 0 Å². The highest BCUT2D eigenvalue weighted by atomic mass is 35.5. The predicted molar refractivity (Wildman–Crippen MR) is 88.7 cm³/mol. The second-order valence-electron chi connectivity index (χ2n) is 5.04. The van der Waals surface area contributed by atoms with Gasteiger partial charge in [-0.3, -0.25) is 4.79 Å². The summed E-state index contributed by atoms with van der Waals surface area (Å²) in [5.74, 6) is -0.577. The second kappa shape index (κ2) is 6.64. The number of amides is 1. The number of carbonyl (C=O) groups excluding carboxylic acids is 1. The lowest BCUT2D eigenvalue weighted by atomic mass is 10.1. The normalized spacial score (nSPS) is 11.3. The number of carbonyl (C=O) groups is 1. The van der Waals surface area contributed by atoms with Gasteiger partial charge in [-0.05, 0) is 24.5 Å². The van der Waals surface area contributed by atoms with Crippen LogP contribution in [0.25, 0.3) is 0 Å². The maximum atomic E-state index is 12.5. The van der Waals surface area contributed by atoms with Gasteiger partial charge >= 0.3 is 0 Å². The molecule has 0 aliphatic carbocycles. The number of benzene rings is 1. The SMILES string of the molecule is CCc1cccc(C)c1NC(=O)c1nc(S(C)(=O)=O)ncc1Cl. The molecule has 23 heavy (non-hydrogen) atoms. The van der Waals surface area contributed by atoms with Crippen molar-refractivity contribution in [2.45, 2.75) is 25.4 Å². The van der Waals surface area contributed by atoms with E-state index in [1.165, 1.54) is 0 Å². The van der Waals surface area contributed by atoms with Crippen molar-refractivity contribution >= 4 is 33.0 Å². The van der Waals surface area contributed by atoms with E-state index in [2.05, 4.69) is 15.3 Å². The molecule has 1 N–H and O–H groups in total. The molecule has 0 fully saturated rings. The van der Waals surface area contributed by atoms with E-state index in [9.17, 15) is 13.2 Å². The molecule has 1 aromatic heterocycles. The maximum Gasteiger partial charge on any atom is 0.276 e. The Morgan fingerprint density at radius 2 is 2.04 bits per heavy atom. The lowest BCUT2D eigenvalue weighted by Gasteiger charge is -2.13. The summed E-state index contributed by atoms with van der Waals surface area (Å²) in [5, 5.41) is 2.31. The van der Waals surface area contributed by atoms with Gasteiger partial charge in [0, 0.05) is 11.9 Å². The van der Waals surface area contributed by atoms with Crippen LogP contribution in [0.1, 0.15) is 28.5 Å². The second-order valence-corrected chi connectivity index (χ2v) is 7.35. The van der Waals surface area contributed by atoms with Gasteiger partial charge < -0.3 is 5.32 Å². The van der Waals surface area contributed by atoms with Gasteiger partial charge in [0.15, 0.2) is 5.69 Å². The lowest BCUT2D eigenvalue weighted by Crippen LogP contribution is -2.18. The Morgan fingerprint density at radius 3 is 2.65 bits per heavy atom. The summed E-state index contributed by atoms with van der Waals surface area (Å²) in [4.78, 5) is 19.9. The fourth-order valence-corrected chi connectivity index (χ4v) is 2.74. The van der Waals surface area contributed by atoms with E-state index in [0.717, 1.165) is 30.0 Å². The molecule has 1 amide bonds. The molecular weight excluding hydrogens is 338 g/mol.